The first-order chi connectivity index (χ1) is 15.3. The minimum atomic E-state index is -1.04. The van der Waals surface area contributed by atoms with Gasteiger partial charge in [0.15, 0.2) is 0 Å². The SMILES string of the molecule is CCCCc1ncc(/C=C2\C(=O)NC(=O)N2CCCC)n1Cc1ccc(C(=O)O)cc1Cl. The van der Waals surface area contributed by atoms with E-state index in [4.69, 9.17) is 11.6 Å². The molecule has 170 valence electrons. The molecule has 0 aliphatic carbocycles. The number of nitrogens with zero attached hydrogens (tertiary/aromatic N) is 3. The number of imide groups is 1. The van der Waals surface area contributed by atoms with E-state index in [1.54, 1.807) is 18.3 Å². The minimum Gasteiger partial charge on any atom is -0.478 e. The summed E-state index contributed by atoms with van der Waals surface area (Å²) >= 11 is 6.36. The van der Waals surface area contributed by atoms with E-state index < -0.39 is 17.9 Å². The first-order valence-electron chi connectivity index (χ1n) is 10.8. The van der Waals surface area contributed by atoms with Crippen LogP contribution < -0.4 is 5.32 Å². The molecule has 1 saturated heterocycles. The fraction of sp³-hybridized carbons (Fsp3) is 0.391. The van der Waals surface area contributed by atoms with Crippen LogP contribution in [0.4, 0.5) is 4.79 Å². The monoisotopic (exact) mass is 458 g/mol. The van der Waals surface area contributed by atoms with Gasteiger partial charge in [-0.3, -0.25) is 15.0 Å². The molecular weight excluding hydrogens is 432 g/mol. The quantitative estimate of drug-likeness (QED) is 0.407. The summed E-state index contributed by atoms with van der Waals surface area (Å²) in [5.41, 5.74) is 1.82. The normalized spacial score (nSPS) is 15.0. The number of rotatable bonds is 10. The van der Waals surface area contributed by atoms with E-state index in [9.17, 15) is 19.5 Å². The van der Waals surface area contributed by atoms with Crippen LogP contribution in [0.5, 0.6) is 0 Å². The van der Waals surface area contributed by atoms with Gasteiger partial charge in [-0.15, -0.1) is 0 Å². The molecular formula is C23H27ClN4O4. The van der Waals surface area contributed by atoms with Crippen molar-refractivity contribution in [2.75, 3.05) is 6.54 Å². The number of carboxylic acid groups (broad SMARTS) is 1. The van der Waals surface area contributed by atoms with Gasteiger partial charge >= 0.3 is 12.0 Å². The molecule has 0 spiro atoms. The molecule has 0 saturated carbocycles. The van der Waals surface area contributed by atoms with Gasteiger partial charge in [0.1, 0.15) is 11.5 Å². The average molecular weight is 459 g/mol. The van der Waals surface area contributed by atoms with Crippen molar-refractivity contribution in [3.05, 3.63) is 57.8 Å². The van der Waals surface area contributed by atoms with Crippen LogP contribution in [0.1, 0.15) is 67.0 Å². The highest BCUT2D eigenvalue weighted by Crippen LogP contribution is 2.24. The molecule has 1 aromatic heterocycles. The van der Waals surface area contributed by atoms with Crippen molar-refractivity contribution in [1.29, 1.82) is 0 Å². The number of amides is 3. The molecule has 3 rings (SSSR count). The molecule has 0 radical (unpaired) electrons. The lowest BCUT2D eigenvalue weighted by Gasteiger charge is -2.16. The fourth-order valence-corrected chi connectivity index (χ4v) is 3.76. The lowest BCUT2D eigenvalue weighted by Crippen LogP contribution is -2.28. The summed E-state index contributed by atoms with van der Waals surface area (Å²) in [5.74, 6) is -0.640. The number of nitrogens with one attached hydrogen (secondary N) is 1. The molecule has 1 fully saturated rings. The fourth-order valence-electron chi connectivity index (χ4n) is 3.52. The third-order valence-corrected chi connectivity index (χ3v) is 5.71. The molecule has 1 aliphatic rings. The second kappa shape index (κ2) is 10.5. The van der Waals surface area contributed by atoms with Gasteiger partial charge in [0, 0.05) is 18.0 Å². The van der Waals surface area contributed by atoms with Crippen LogP contribution in [-0.2, 0) is 17.8 Å². The number of carbonyl (C=O) groups excluding carboxylic acids is 2. The number of imidazole rings is 1. The van der Waals surface area contributed by atoms with E-state index in [1.165, 1.54) is 17.0 Å². The Morgan fingerprint density at radius 2 is 1.97 bits per heavy atom. The third kappa shape index (κ3) is 5.19. The molecule has 2 aromatic rings. The summed E-state index contributed by atoms with van der Waals surface area (Å²) < 4.78 is 1.96. The number of hydrogen-bond acceptors (Lipinski definition) is 4. The molecule has 0 atom stereocenters. The molecule has 1 aromatic carbocycles. The largest absolute Gasteiger partial charge is 0.478 e. The zero-order valence-electron chi connectivity index (χ0n) is 18.2. The zero-order valence-corrected chi connectivity index (χ0v) is 19.0. The molecule has 2 N–H and O–H groups in total. The summed E-state index contributed by atoms with van der Waals surface area (Å²) in [6, 6.07) is 4.21. The number of urea groups is 1. The van der Waals surface area contributed by atoms with E-state index in [0.29, 0.717) is 29.5 Å². The van der Waals surface area contributed by atoms with Gasteiger partial charge in [0.2, 0.25) is 0 Å². The Labute approximate surface area is 191 Å². The van der Waals surface area contributed by atoms with Crippen molar-refractivity contribution in [3.8, 4) is 0 Å². The number of carboxylic acids is 1. The highest BCUT2D eigenvalue weighted by Gasteiger charge is 2.32. The van der Waals surface area contributed by atoms with Gasteiger partial charge in [-0.2, -0.15) is 0 Å². The molecule has 0 bridgehead atoms. The van der Waals surface area contributed by atoms with Gasteiger partial charge in [0.25, 0.3) is 5.91 Å². The lowest BCUT2D eigenvalue weighted by atomic mass is 10.1. The number of halogens is 1. The Balaban J connectivity index is 1.99. The van der Waals surface area contributed by atoms with Crippen molar-refractivity contribution in [2.45, 2.75) is 52.5 Å². The molecule has 8 nitrogen and oxygen atoms in total. The van der Waals surface area contributed by atoms with Crippen LogP contribution >= 0.6 is 11.6 Å². The molecule has 2 heterocycles. The Kier molecular flexibility index (Phi) is 7.69. The lowest BCUT2D eigenvalue weighted by molar-refractivity contribution is -0.116. The number of aromatic carboxylic acids is 1. The molecule has 32 heavy (non-hydrogen) atoms. The Bertz CT molecular complexity index is 1060. The van der Waals surface area contributed by atoms with Crippen LogP contribution in [-0.4, -0.2) is 44.0 Å². The van der Waals surface area contributed by atoms with E-state index in [1.807, 2.05) is 11.5 Å². The number of hydrogen-bond donors (Lipinski definition) is 2. The third-order valence-electron chi connectivity index (χ3n) is 5.36. The van der Waals surface area contributed by atoms with Crippen LogP contribution in [0, 0.1) is 0 Å². The van der Waals surface area contributed by atoms with Crippen molar-refractivity contribution in [3.63, 3.8) is 0 Å². The van der Waals surface area contributed by atoms with Crippen LogP contribution in [0.15, 0.2) is 30.1 Å². The number of carbonyl (C=O) groups is 3. The Morgan fingerprint density at radius 3 is 2.62 bits per heavy atom. The molecule has 1 aliphatic heterocycles. The number of unbranched alkanes of at least 4 members (excludes halogenated alkanes) is 2. The van der Waals surface area contributed by atoms with E-state index in [0.717, 1.165) is 43.5 Å². The Hall–Kier alpha value is -3.13. The van der Waals surface area contributed by atoms with Gasteiger partial charge in [-0.1, -0.05) is 44.4 Å². The topological polar surface area (TPSA) is 105 Å². The van der Waals surface area contributed by atoms with Crippen LogP contribution in [0.25, 0.3) is 6.08 Å². The van der Waals surface area contributed by atoms with Crippen LogP contribution in [0.2, 0.25) is 5.02 Å². The molecule has 0 unspecified atom stereocenters. The zero-order chi connectivity index (χ0) is 23.3. The van der Waals surface area contributed by atoms with Gasteiger partial charge in [-0.05, 0) is 36.6 Å². The van der Waals surface area contributed by atoms with E-state index in [2.05, 4.69) is 17.2 Å². The Morgan fingerprint density at radius 1 is 1.22 bits per heavy atom. The number of aromatic nitrogens is 2. The van der Waals surface area contributed by atoms with Gasteiger partial charge in [0.05, 0.1) is 24.0 Å². The maximum Gasteiger partial charge on any atom is 0.335 e. The second-order valence-electron chi connectivity index (χ2n) is 7.69. The number of benzene rings is 1. The highest BCUT2D eigenvalue weighted by molar-refractivity contribution is 6.31. The maximum atomic E-state index is 12.4. The number of aryl methyl sites for hydroxylation is 1. The molecule has 9 heteroatoms. The predicted octanol–water partition coefficient (Wildman–Crippen LogP) is 4.32. The smallest absolute Gasteiger partial charge is 0.335 e. The van der Waals surface area contributed by atoms with Crippen molar-refractivity contribution < 1.29 is 19.5 Å². The van der Waals surface area contributed by atoms with E-state index >= 15 is 0 Å². The van der Waals surface area contributed by atoms with E-state index in [-0.39, 0.29) is 5.56 Å². The maximum absolute atomic E-state index is 12.4. The standard InChI is InChI=1S/C23H27ClN4O4/c1-3-5-7-20-25-13-17(12-19-21(29)26-23(32)27(19)10-6-4-2)28(20)14-16-9-8-15(22(30)31)11-18(16)24/h8-9,11-13H,3-7,10,14H2,1-2H3,(H,30,31)(H,26,29,32)/b19-12+. The predicted molar refractivity (Wildman–Crippen MR) is 121 cm³/mol. The second-order valence-corrected chi connectivity index (χ2v) is 8.10. The van der Waals surface area contributed by atoms with Crippen molar-refractivity contribution in [2.24, 2.45) is 0 Å². The minimum absolute atomic E-state index is 0.116. The summed E-state index contributed by atoms with van der Waals surface area (Å²) in [7, 11) is 0. The van der Waals surface area contributed by atoms with Crippen molar-refractivity contribution in [1.82, 2.24) is 19.8 Å². The summed E-state index contributed by atoms with van der Waals surface area (Å²) in [5, 5.41) is 11.9. The van der Waals surface area contributed by atoms with Gasteiger partial charge < -0.3 is 9.67 Å². The summed E-state index contributed by atoms with van der Waals surface area (Å²) in [6.07, 6.45) is 7.73. The molecule has 3 amide bonds. The van der Waals surface area contributed by atoms with Crippen molar-refractivity contribution >= 4 is 35.6 Å². The highest BCUT2D eigenvalue weighted by atomic mass is 35.5. The van der Waals surface area contributed by atoms with Crippen LogP contribution in [0.3, 0.4) is 0 Å². The summed E-state index contributed by atoms with van der Waals surface area (Å²) in [6.45, 7) is 4.94. The first kappa shape index (κ1) is 23.5. The summed E-state index contributed by atoms with van der Waals surface area (Å²) in [4.78, 5) is 41.8. The van der Waals surface area contributed by atoms with Gasteiger partial charge in [-0.25, -0.2) is 14.6 Å². The average Bonchev–Trinajstić information content (AvgIpc) is 3.25. The first-order valence-corrected chi connectivity index (χ1v) is 11.1.